The molecule has 0 unspecified atom stereocenters. The Morgan fingerprint density at radius 2 is 1.23 bits per heavy atom. The quantitative estimate of drug-likeness (QED) is 0.268. The minimum atomic E-state index is -0.704. The van der Waals surface area contributed by atoms with Gasteiger partial charge in [0.25, 0.3) is 10.5 Å². The third kappa shape index (κ3) is 7.96. The van der Waals surface area contributed by atoms with Gasteiger partial charge in [-0.25, -0.2) is 0 Å². The summed E-state index contributed by atoms with van der Waals surface area (Å²) in [6.45, 7) is 5.16. The lowest BCUT2D eigenvalue weighted by Crippen LogP contribution is -2.08. The number of benzene rings is 1. The predicted molar refractivity (Wildman–Crippen MR) is 106 cm³/mol. The van der Waals surface area contributed by atoms with Gasteiger partial charge in [0.2, 0.25) is 0 Å². The zero-order valence-corrected chi connectivity index (χ0v) is 17.1. The third-order valence-corrected chi connectivity index (χ3v) is 4.40. The standard InChI is InChI=1S/C20H28Cl2O4/c1-3-5-7-9-11-25-15-13-16(19(21)23)18(17(14-15)20(22)24)26-12-10-8-6-4-2/h13-14H,3-12H2,1-2H3. The van der Waals surface area contributed by atoms with E-state index in [9.17, 15) is 9.59 Å². The highest BCUT2D eigenvalue weighted by Crippen LogP contribution is 2.32. The van der Waals surface area contributed by atoms with Gasteiger partial charge in [0.15, 0.2) is 0 Å². The summed E-state index contributed by atoms with van der Waals surface area (Å²) in [7, 11) is 0. The van der Waals surface area contributed by atoms with E-state index in [1.807, 2.05) is 0 Å². The number of rotatable bonds is 14. The van der Waals surface area contributed by atoms with Crippen molar-refractivity contribution in [2.24, 2.45) is 0 Å². The van der Waals surface area contributed by atoms with Crippen LogP contribution in [0, 0.1) is 0 Å². The Bertz CT molecular complexity index is 552. The van der Waals surface area contributed by atoms with E-state index in [1.165, 1.54) is 12.1 Å². The Hall–Kier alpha value is -1.26. The van der Waals surface area contributed by atoms with E-state index in [2.05, 4.69) is 13.8 Å². The number of hydrogen-bond acceptors (Lipinski definition) is 4. The maximum atomic E-state index is 11.8. The van der Waals surface area contributed by atoms with Gasteiger partial charge in [-0.15, -0.1) is 0 Å². The Labute approximate surface area is 166 Å². The summed E-state index contributed by atoms with van der Waals surface area (Å²) in [5.74, 6) is 0.535. The molecule has 0 saturated heterocycles. The lowest BCUT2D eigenvalue weighted by atomic mass is 10.1. The van der Waals surface area contributed by atoms with Crippen LogP contribution in [0.3, 0.4) is 0 Å². The normalized spacial score (nSPS) is 10.6. The maximum Gasteiger partial charge on any atom is 0.256 e. The van der Waals surface area contributed by atoms with Crippen LogP contribution in [-0.2, 0) is 0 Å². The van der Waals surface area contributed by atoms with Crippen molar-refractivity contribution in [1.29, 1.82) is 0 Å². The van der Waals surface area contributed by atoms with Crippen LogP contribution in [0.25, 0.3) is 0 Å². The van der Waals surface area contributed by atoms with Gasteiger partial charge in [-0.3, -0.25) is 9.59 Å². The summed E-state index contributed by atoms with van der Waals surface area (Å²) in [6.07, 6.45) is 8.32. The van der Waals surface area contributed by atoms with E-state index < -0.39 is 10.5 Å². The fourth-order valence-electron chi connectivity index (χ4n) is 2.56. The lowest BCUT2D eigenvalue weighted by molar-refractivity contribution is 0.107. The number of carbonyl (C=O) groups is 2. The molecule has 0 radical (unpaired) electrons. The van der Waals surface area contributed by atoms with Crippen LogP contribution in [0.2, 0.25) is 0 Å². The van der Waals surface area contributed by atoms with Crippen LogP contribution < -0.4 is 9.47 Å². The van der Waals surface area contributed by atoms with Crippen molar-refractivity contribution in [2.75, 3.05) is 13.2 Å². The molecule has 1 aromatic carbocycles. The van der Waals surface area contributed by atoms with Gasteiger partial charge in [-0.1, -0.05) is 52.4 Å². The molecule has 0 aliphatic heterocycles. The number of carbonyl (C=O) groups excluding carboxylic acids is 2. The monoisotopic (exact) mass is 402 g/mol. The first-order chi connectivity index (χ1) is 12.5. The molecular weight excluding hydrogens is 375 g/mol. The minimum absolute atomic E-state index is 0.109. The Morgan fingerprint density at radius 1 is 0.769 bits per heavy atom. The molecule has 0 aliphatic rings. The van der Waals surface area contributed by atoms with Crippen LogP contribution >= 0.6 is 23.2 Å². The van der Waals surface area contributed by atoms with E-state index in [0.29, 0.717) is 19.0 Å². The smallest absolute Gasteiger partial charge is 0.256 e. The van der Waals surface area contributed by atoms with Gasteiger partial charge in [-0.2, -0.15) is 0 Å². The summed E-state index contributed by atoms with van der Waals surface area (Å²) in [5.41, 5.74) is 0.217. The number of halogens is 2. The van der Waals surface area contributed by atoms with Crippen LogP contribution in [0.4, 0.5) is 0 Å². The van der Waals surface area contributed by atoms with Gasteiger partial charge >= 0.3 is 0 Å². The van der Waals surface area contributed by atoms with Crippen molar-refractivity contribution in [1.82, 2.24) is 0 Å². The molecule has 1 aromatic rings. The van der Waals surface area contributed by atoms with Crippen LogP contribution in [0.1, 0.15) is 85.9 Å². The average Bonchev–Trinajstić information content (AvgIpc) is 2.61. The first-order valence-electron chi connectivity index (χ1n) is 9.34. The van der Waals surface area contributed by atoms with Crippen molar-refractivity contribution in [3.05, 3.63) is 23.3 Å². The van der Waals surface area contributed by atoms with Gasteiger partial charge in [-0.05, 0) is 48.2 Å². The Kier molecular flexibility index (Phi) is 11.4. The fraction of sp³-hybridized carbons (Fsp3) is 0.600. The Balaban J connectivity index is 2.89. The van der Waals surface area contributed by atoms with E-state index in [-0.39, 0.29) is 16.9 Å². The van der Waals surface area contributed by atoms with Crippen molar-refractivity contribution < 1.29 is 19.1 Å². The molecule has 0 fully saturated rings. The SMILES string of the molecule is CCCCCCOc1cc(C(=O)Cl)c(OCCCCCC)c(C(=O)Cl)c1. The molecule has 0 amide bonds. The molecule has 26 heavy (non-hydrogen) atoms. The van der Waals surface area contributed by atoms with Gasteiger partial charge in [0.05, 0.1) is 24.3 Å². The van der Waals surface area contributed by atoms with E-state index in [0.717, 1.165) is 51.4 Å². The van der Waals surface area contributed by atoms with Crippen molar-refractivity contribution in [2.45, 2.75) is 65.2 Å². The number of hydrogen-bond donors (Lipinski definition) is 0. The second-order valence-electron chi connectivity index (χ2n) is 6.21. The first-order valence-corrected chi connectivity index (χ1v) is 10.1. The highest BCUT2D eigenvalue weighted by molar-refractivity contribution is 6.69. The topological polar surface area (TPSA) is 52.6 Å². The molecule has 6 heteroatoms. The fourth-order valence-corrected chi connectivity index (χ4v) is 2.84. The molecule has 0 spiro atoms. The summed E-state index contributed by atoms with van der Waals surface area (Å²) in [5, 5.41) is -1.41. The molecule has 146 valence electrons. The van der Waals surface area contributed by atoms with Gasteiger partial charge < -0.3 is 9.47 Å². The summed E-state index contributed by atoms with van der Waals surface area (Å²) in [4.78, 5) is 23.6. The second kappa shape index (κ2) is 13.0. The Morgan fingerprint density at radius 3 is 1.65 bits per heavy atom. The van der Waals surface area contributed by atoms with Crippen molar-refractivity contribution in [3.8, 4) is 11.5 Å². The molecule has 0 atom stereocenters. The largest absolute Gasteiger partial charge is 0.494 e. The number of ether oxygens (including phenoxy) is 2. The number of unbranched alkanes of at least 4 members (excludes halogenated alkanes) is 6. The van der Waals surface area contributed by atoms with Crippen molar-refractivity contribution in [3.63, 3.8) is 0 Å². The van der Waals surface area contributed by atoms with Crippen LogP contribution in [0.15, 0.2) is 12.1 Å². The summed E-state index contributed by atoms with van der Waals surface area (Å²) < 4.78 is 11.4. The van der Waals surface area contributed by atoms with Crippen LogP contribution in [0.5, 0.6) is 11.5 Å². The average molecular weight is 403 g/mol. The molecule has 1 rings (SSSR count). The molecule has 4 nitrogen and oxygen atoms in total. The summed E-state index contributed by atoms with van der Waals surface area (Å²) in [6, 6.07) is 3.03. The van der Waals surface area contributed by atoms with E-state index in [1.54, 1.807) is 0 Å². The van der Waals surface area contributed by atoms with Gasteiger partial charge in [0.1, 0.15) is 11.5 Å². The summed E-state index contributed by atoms with van der Waals surface area (Å²) >= 11 is 11.4. The maximum absolute atomic E-state index is 11.8. The van der Waals surface area contributed by atoms with E-state index in [4.69, 9.17) is 32.7 Å². The van der Waals surface area contributed by atoms with E-state index >= 15 is 0 Å². The molecule has 0 aliphatic carbocycles. The lowest BCUT2D eigenvalue weighted by Gasteiger charge is -2.15. The first kappa shape index (κ1) is 22.8. The second-order valence-corrected chi connectivity index (χ2v) is 6.90. The highest BCUT2D eigenvalue weighted by atomic mass is 35.5. The molecule has 0 N–H and O–H groups in total. The zero-order valence-electron chi connectivity index (χ0n) is 15.6. The molecule has 0 saturated carbocycles. The zero-order chi connectivity index (χ0) is 19.4. The van der Waals surface area contributed by atoms with Gasteiger partial charge in [0, 0.05) is 0 Å². The molecule has 0 bridgehead atoms. The van der Waals surface area contributed by atoms with Crippen molar-refractivity contribution >= 4 is 33.7 Å². The van der Waals surface area contributed by atoms with Crippen LogP contribution in [-0.4, -0.2) is 23.7 Å². The highest BCUT2D eigenvalue weighted by Gasteiger charge is 2.21. The molecule has 0 heterocycles. The predicted octanol–water partition coefficient (Wildman–Crippen LogP) is 6.36. The minimum Gasteiger partial charge on any atom is -0.494 e. The molecular formula is C20H28Cl2O4. The molecule has 0 aromatic heterocycles. The third-order valence-electron chi connectivity index (χ3n) is 4.00.